The minimum Gasteiger partial charge on any atom is -0.465 e. The van der Waals surface area contributed by atoms with E-state index in [1.807, 2.05) is 0 Å². The van der Waals surface area contributed by atoms with Gasteiger partial charge in [0.05, 0.1) is 12.7 Å². The van der Waals surface area contributed by atoms with Gasteiger partial charge in [-0.3, -0.25) is 0 Å². The zero-order valence-corrected chi connectivity index (χ0v) is 11.4. The predicted molar refractivity (Wildman–Crippen MR) is 59.8 cm³/mol. The second-order valence-electron chi connectivity index (χ2n) is 3.34. The molecule has 0 atom stereocenters. The van der Waals surface area contributed by atoms with Gasteiger partial charge >= 0.3 is 12.3 Å². The molecule has 0 spiro atoms. The van der Waals surface area contributed by atoms with Crippen molar-refractivity contribution in [2.45, 2.75) is 18.1 Å². The molecule has 4 nitrogen and oxygen atoms in total. The molecular weight excluding hydrogens is 357 g/mol. The third kappa shape index (κ3) is 3.78. The number of nitrogens with zero attached hydrogens (tertiary/aromatic N) is 1. The van der Waals surface area contributed by atoms with Crippen LogP contribution in [0.5, 0.6) is 5.88 Å². The zero-order valence-electron chi connectivity index (χ0n) is 9.80. The van der Waals surface area contributed by atoms with E-state index in [4.69, 9.17) is 0 Å². The Morgan fingerprint density at radius 3 is 2.45 bits per heavy atom. The molecule has 0 aliphatic rings. The van der Waals surface area contributed by atoms with Gasteiger partial charge in [0.15, 0.2) is 0 Å². The van der Waals surface area contributed by atoms with Crippen LogP contribution in [0.2, 0.25) is 0 Å². The van der Waals surface area contributed by atoms with Crippen molar-refractivity contribution < 1.29 is 36.2 Å². The number of hydrogen-bond donors (Lipinski definition) is 0. The highest BCUT2D eigenvalue weighted by Gasteiger charge is 2.35. The third-order valence-electron chi connectivity index (χ3n) is 2.15. The van der Waals surface area contributed by atoms with Gasteiger partial charge in [0, 0.05) is 22.7 Å². The first-order valence-electron chi connectivity index (χ1n) is 4.91. The lowest BCUT2D eigenvalue weighted by molar-refractivity contribution is -0.276. The number of esters is 1. The van der Waals surface area contributed by atoms with E-state index in [0.29, 0.717) is 6.20 Å². The highest BCUT2D eigenvalue weighted by molar-refractivity contribution is 9.08. The first-order valence-corrected chi connectivity index (χ1v) is 6.03. The largest absolute Gasteiger partial charge is 0.574 e. The minimum absolute atomic E-state index is 0.407. The highest BCUT2D eigenvalue weighted by atomic mass is 79.9. The van der Waals surface area contributed by atoms with E-state index in [2.05, 4.69) is 30.4 Å². The fourth-order valence-corrected chi connectivity index (χ4v) is 1.94. The van der Waals surface area contributed by atoms with E-state index in [9.17, 15) is 26.7 Å². The fourth-order valence-electron chi connectivity index (χ4n) is 1.40. The van der Waals surface area contributed by atoms with Crippen molar-refractivity contribution in [3.63, 3.8) is 0 Å². The molecule has 20 heavy (non-hydrogen) atoms. The predicted octanol–water partition coefficient (Wildman–Crippen LogP) is 3.60. The summed E-state index contributed by atoms with van der Waals surface area (Å²) in [5, 5.41) is -0.407. The number of pyridine rings is 1. The Bertz CT molecular complexity index is 506. The summed E-state index contributed by atoms with van der Waals surface area (Å²) < 4.78 is 70.3. The van der Waals surface area contributed by atoms with Crippen LogP contribution in [0.4, 0.5) is 22.0 Å². The van der Waals surface area contributed by atoms with Crippen LogP contribution in [0.25, 0.3) is 0 Å². The van der Waals surface area contributed by atoms with Gasteiger partial charge in [0.25, 0.3) is 6.43 Å². The average molecular weight is 364 g/mol. The Kier molecular flexibility index (Phi) is 5.26. The van der Waals surface area contributed by atoms with Gasteiger partial charge in [0.2, 0.25) is 5.88 Å². The normalized spacial score (nSPS) is 11.6. The Hall–Kier alpha value is -1.45. The maximum absolute atomic E-state index is 13.0. The lowest BCUT2D eigenvalue weighted by atomic mass is 10.1. The number of hydrogen-bond acceptors (Lipinski definition) is 4. The lowest BCUT2D eigenvalue weighted by Gasteiger charge is -2.16. The molecule has 0 unspecified atom stereocenters. The molecule has 0 N–H and O–H groups in total. The van der Waals surface area contributed by atoms with Gasteiger partial charge < -0.3 is 9.47 Å². The number of carbonyl (C=O) groups is 1. The number of halogens is 6. The Balaban J connectivity index is 3.45. The van der Waals surface area contributed by atoms with Crippen molar-refractivity contribution in [2.24, 2.45) is 0 Å². The van der Waals surface area contributed by atoms with Gasteiger partial charge in [-0.1, -0.05) is 15.9 Å². The topological polar surface area (TPSA) is 48.4 Å². The van der Waals surface area contributed by atoms with E-state index in [0.717, 1.165) is 7.11 Å². The molecule has 10 heteroatoms. The van der Waals surface area contributed by atoms with Crippen molar-refractivity contribution >= 4 is 21.9 Å². The lowest BCUT2D eigenvalue weighted by Crippen LogP contribution is -2.20. The standard InChI is InChI=1S/C10H7BrF5NO3/c1-19-9(18)5-3-17-8(20-10(14,15)16)4(2-11)6(5)7(12)13/h3,7H,2H2,1H3. The number of ether oxygens (including phenoxy) is 2. The molecule has 0 amide bonds. The summed E-state index contributed by atoms with van der Waals surface area (Å²) in [5.41, 5.74) is -2.10. The molecule has 1 rings (SSSR count). The van der Waals surface area contributed by atoms with E-state index >= 15 is 0 Å². The van der Waals surface area contributed by atoms with Crippen LogP contribution < -0.4 is 4.74 Å². The molecule has 0 radical (unpaired) electrons. The fraction of sp³-hybridized carbons (Fsp3) is 0.400. The van der Waals surface area contributed by atoms with Gasteiger partial charge in [-0.05, 0) is 0 Å². The number of carbonyl (C=O) groups excluding carboxylic acids is 1. The maximum atomic E-state index is 13.0. The van der Waals surface area contributed by atoms with E-state index in [1.165, 1.54) is 0 Å². The van der Waals surface area contributed by atoms with Crippen molar-refractivity contribution in [3.05, 3.63) is 22.9 Å². The molecule has 0 saturated carbocycles. The monoisotopic (exact) mass is 363 g/mol. The van der Waals surface area contributed by atoms with Crippen molar-refractivity contribution in [2.75, 3.05) is 7.11 Å². The molecule has 0 saturated heterocycles. The summed E-state index contributed by atoms with van der Waals surface area (Å²) in [6.07, 6.45) is -7.73. The molecule has 112 valence electrons. The average Bonchev–Trinajstić information content (AvgIpc) is 2.35. The van der Waals surface area contributed by atoms with E-state index in [-0.39, 0.29) is 0 Å². The van der Waals surface area contributed by atoms with Crippen molar-refractivity contribution in [1.82, 2.24) is 4.98 Å². The minimum atomic E-state index is -5.09. The molecule has 0 aliphatic heterocycles. The summed E-state index contributed by atoms with van der Waals surface area (Å²) in [6, 6.07) is 0. The zero-order chi connectivity index (χ0) is 15.5. The van der Waals surface area contributed by atoms with Gasteiger partial charge in [-0.15, -0.1) is 13.2 Å². The van der Waals surface area contributed by atoms with E-state index in [1.54, 1.807) is 0 Å². The molecule has 0 aromatic carbocycles. The summed E-state index contributed by atoms with van der Waals surface area (Å²) in [6.45, 7) is 0. The van der Waals surface area contributed by atoms with Gasteiger partial charge in [-0.2, -0.15) is 0 Å². The van der Waals surface area contributed by atoms with Crippen LogP contribution in [0, 0.1) is 0 Å². The Labute approximate surface area is 118 Å². The quantitative estimate of drug-likeness (QED) is 0.466. The van der Waals surface area contributed by atoms with Crippen molar-refractivity contribution in [1.29, 1.82) is 0 Å². The summed E-state index contributed by atoms with van der Waals surface area (Å²) in [7, 11) is 0.950. The van der Waals surface area contributed by atoms with E-state index < -0.39 is 46.7 Å². The second kappa shape index (κ2) is 6.33. The van der Waals surface area contributed by atoms with Crippen LogP contribution >= 0.6 is 15.9 Å². The third-order valence-corrected chi connectivity index (χ3v) is 2.71. The smallest absolute Gasteiger partial charge is 0.465 e. The Morgan fingerprint density at radius 2 is 2.05 bits per heavy atom. The number of rotatable bonds is 4. The van der Waals surface area contributed by atoms with Crippen LogP contribution in [-0.4, -0.2) is 24.4 Å². The SMILES string of the molecule is COC(=O)c1cnc(OC(F)(F)F)c(CBr)c1C(F)F. The molecule has 1 aromatic heterocycles. The van der Waals surface area contributed by atoms with Crippen LogP contribution in [0.3, 0.4) is 0 Å². The molecule has 0 bridgehead atoms. The first-order chi connectivity index (χ1) is 9.21. The Morgan fingerprint density at radius 1 is 1.45 bits per heavy atom. The summed E-state index contributed by atoms with van der Waals surface area (Å²) >= 11 is 2.77. The molecule has 0 aliphatic carbocycles. The molecule has 0 fully saturated rings. The molecular formula is C10H7BrF5NO3. The highest BCUT2D eigenvalue weighted by Crippen LogP contribution is 2.35. The van der Waals surface area contributed by atoms with Crippen LogP contribution in [0.1, 0.15) is 27.9 Å². The van der Waals surface area contributed by atoms with Crippen molar-refractivity contribution in [3.8, 4) is 5.88 Å². The van der Waals surface area contributed by atoms with Gasteiger partial charge in [-0.25, -0.2) is 18.6 Å². The first kappa shape index (κ1) is 16.6. The molecule has 1 aromatic rings. The molecule has 1 heterocycles. The summed E-state index contributed by atoms with van der Waals surface area (Å²) in [4.78, 5) is 14.6. The van der Waals surface area contributed by atoms with Crippen LogP contribution in [-0.2, 0) is 10.1 Å². The maximum Gasteiger partial charge on any atom is 0.574 e. The second-order valence-corrected chi connectivity index (χ2v) is 3.90. The summed E-state index contributed by atoms with van der Waals surface area (Å²) in [5.74, 6) is -2.18. The van der Waals surface area contributed by atoms with Gasteiger partial charge in [0.1, 0.15) is 0 Å². The number of alkyl halides is 6. The number of methoxy groups -OCH3 is 1. The number of aromatic nitrogens is 1. The van der Waals surface area contributed by atoms with Crippen LogP contribution in [0.15, 0.2) is 6.20 Å².